The highest BCUT2D eigenvalue weighted by Crippen LogP contribution is 2.42. The Morgan fingerprint density at radius 2 is 1.70 bits per heavy atom. The van der Waals surface area contributed by atoms with Gasteiger partial charge in [0.25, 0.3) is 10.1 Å². The topological polar surface area (TPSA) is 92.4 Å². The van der Waals surface area contributed by atoms with Gasteiger partial charge in [0.05, 0.1) is 6.26 Å². The highest BCUT2D eigenvalue weighted by molar-refractivity contribution is 7.99. The quantitative estimate of drug-likeness (QED) is 0.637. The van der Waals surface area contributed by atoms with E-state index in [2.05, 4.69) is 22.9 Å². The summed E-state index contributed by atoms with van der Waals surface area (Å²) >= 11 is 7.83. The molecule has 1 saturated heterocycles. The summed E-state index contributed by atoms with van der Waals surface area (Å²) in [5.74, 6) is -0.196. The average Bonchev–Trinajstić information content (AvgIpc) is 2.77. The SMILES string of the molecule is CN1CCN(C2=Cc3ccc(Cl)cc3Sc3ccc(F)cc32)CC1.CS(=O)(=O)O.O. The molecule has 2 heterocycles. The number of halogens is 2. The maximum Gasteiger partial charge on any atom is 0.261 e. The van der Waals surface area contributed by atoms with E-state index in [9.17, 15) is 12.8 Å². The van der Waals surface area contributed by atoms with Crippen molar-refractivity contribution in [3.05, 3.63) is 58.4 Å². The smallest absolute Gasteiger partial charge is 0.261 e. The summed E-state index contributed by atoms with van der Waals surface area (Å²) in [5.41, 5.74) is 3.21. The monoisotopic (exact) mass is 474 g/mol. The van der Waals surface area contributed by atoms with Crippen LogP contribution in [0.1, 0.15) is 11.1 Å². The third-order valence-electron chi connectivity index (χ3n) is 4.55. The molecule has 4 rings (SSSR count). The second-order valence-corrected chi connectivity index (χ2v) is 9.96. The van der Waals surface area contributed by atoms with Crippen LogP contribution in [0.15, 0.2) is 46.2 Å². The number of hydrogen-bond acceptors (Lipinski definition) is 5. The minimum atomic E-state index is -3.67. The van der Waals surface area contributed by atoms with Crippen LogP contribution in [0.25, 0.3) is 11.8 Å². The van der Waals surface area contributed by atoms with Crippen molar-refractivity contribution in [3.63, 3.8) is 0 Å². The standard InChI is InChI=1S/C19H18ClFN2S.CH4O3S.H2O/c1-22-6-8-23(9-7-22)17-10-13-2-3-14(20)11-19(13)24-18-5-4-15(21)12-16(17)18;1-5(2,3)4;/h2-5,10-12H,6-9H2,1H3;1H3,(H,2,3,4);1H2. The molecule has 164 valence electrons. The number of benzene rings is 2. The molecular weight excluding hydrogens is 451 g/mol. The lowest BCUT2D eigenvalue weighted by Crippen LogP contribution is -2.43. The molecule has 0 atom stereocenters. The second kappa shape index (κ2) is 10.1. The van der Waals surface area contributed by atoms with Gasteiger partial charge in [-0.3, -0.25) is 4.55 Å². The molecule has 30 heavy (non-hydrogen) atoms. The van der Waals surface area contributed by atoms with Gasteiger partial charge in [-0.2, -0.15) is 8.42 Å². The van der Waals surface area contributed by atoms with Crippen LogP contribution in [-0.4, -0.2) is 67.7 Å². The summed E-state index contributed by atoms with van der Waals surface area (Å²) in [6, 6.07) is 11.0. The van der Waals surface area contributed by atoms with Crippen molar-refractivity contribution >= 4 is 45.3 Å². The normalized spacial score (nSPS) is 16.2. The van der Waals surface area contributed by atoms with E-state index >= 15 is 0 Å². The van der Waals surface area contributed by atoms with E-state index in [-0.39, 0.29) is 11.3 Å². The maximum absolute atomic E-state index is 13.9. The molecule has 0 aromatic heterocycles. The Bertz CT molecular complexity index is 1030. The average molecular weight is 475 g/mol. The summed E-state index contributed by atoms with van der Waals surface area (Å²) in [4.78, 5) is 6.87. The third kappa shape index (κ3) is 6.69. The third-order valence-corrected chi connectivity index (χ3v) is 5.93. The predicted molar refractivity (Wildman–Crippen MR) is 120 cm³/mol. The first kappa shape index (κ1) is 24.6. The molecule has 10 heteroatoms. The van der Waals surface area contributed by atoms with Gasteiger partial charge in [-0.25, -0.2) is 4.39 Å². The van der Waals surface area contributed by atoms with Gasteiger partial charge >= 0.3 is 0 Å². The number of hydrogen-bond donors (Lipinski definition) is 1. The molecule has 0 aliphatic carbocycles. The van der Waals surface area contributed by atoms with Gasteiger partial charge in [0.2, 0.25) is 0 Å². The number of nitrogens with zero attached hydrogens (tertiary/aromatic N) is 2. The summed E-state index contributed by atoms with van der Waals surface area (Å²) in [5, 5.41) is 0.723. The summed E-state index contributed by atoms with van der Waals surface area (Å²) in [6.07, 6.45) is 2.89. The van der Waals surface area contributed by atoms with Crippen LogP contribution < -0.4 is 0 Å². The van der Waals surface area contributed by atoms with E-state index in [0.29, 0.717) is 6.26 Å². The molecule has 2 aliphatic rings. The molecule has 0 spiro atoms. The molecule has 0 saturated carbocycles. The Kier molecular flexibility index (Phi) is 8.32. The van der Waals surface area contributed by atoms with Gasteiger partial charge in [0.15, 0.2) is 0 Å². The molecule has 2 aromatic rings. The zero-order valence-electron chi connectivity index (χ0n) is 16.6. The Hall–Kier alpha value is -1.62. The summed E-state index contributed by atoms with van der Waals surface area (Å²) in [7, 11) is -1.53. The number of rotatable bonds is 1. The fourth-order valence-corrected chi connectivity index (χ4v) is 4.47. The molecule has 0 bridgehead atoms. The van der Waals surface area contributed by atoms with E-state index in [0.717, 1.165) is 57.8 Å². The second-order valence-electron chi connectivity index (χ2n) is 6.98. The van der Waals surface area contributed by atoms with Gasteiger partial charge in [-0.05, 0) is 49.0 Å². The van der Waals surface area contributed by atoms with Gasteiger partial charge in [0, 0.05) is 52.3 Å². The fraction of sp³-hybridized carbons (Fsp3) is 0.300. The largest absolute Gasteiger partial charge is 0.412 e. The van der Waals surface area contributed by atoms with E-state index < -0.39 is 10.1 Å². The van der Waals surface area contributed by atoms with E-state index in [1.807, 2.05) is 24.3 Å². The van der Waals surface area contributed by atoms with Crippen LogP contribution in [-0.2, 0) is 10.1 Å². The van der Waals surface area contributed by atoms with Crippen molar-refractivity contribution in [2.24, 2.45) is 0 Å². The lowest BCUT2D eigenvalue weighted by Gasteiger charge is -2.36. The predicted octanol–water partition coefficient (Wildman–Crippen LogP) is 3.37. The molecule has 2 aliphatic heterocycles. The van der Waals surface area contributed by atoms with E-state index in [4.69, 9.17) is 16.2 Å². The molecule has 0 unspecified atom stereocenters. The van der Waals surface area contributed by atoms with Crippen molar-refractivity contribution in [3.8, 4) is 0 Å². The lowest BCUT2D eigenvalue weighted by molar-refractivity contribution is 0.207. The first-order valence-corrected chi connectivity index (χ1v) is 12.0. The molecule has 1 fully saturated rings. The van der Waals surface area contributed by atoms with Crippen LogP contribution >= 0.6 is 23.4 Å². The molecule has 0 radical (unpaired) electrons. The fourth-order valence-electron chi connectivity index (χ4n) is 3.16. The van der Waals surface area contributed by atoms with Gasteiger partial charge in [-0.1, -0.05) is 29.4 Å². The van der Waals surface area contributed by atoms with E-state index in [1.165, 1.54) is 6.07 Å². The Morgan fingerprint density at radius 3 is 2.33 bits per heavy atom. The van der Waals surface area contributed by atoms with Crippen LogP contribution in [0.4, 0.5) is 4.39 Å². The van der Waals surface area contributed by atoms with Crippen molar-refractivity contribution < 1.29 is 22.8 Å². The molecule has 2 aromatic carbocycles. The van der Waals surface area contributed by atoms with Gasteiger partial charge < -0.3 is 15.3 Å². The van der Waals surface area contributed by atoms with Crippen LogP contribution in [0.5, 0.6) is 0 Å². The molecule has 6 nitrogen and oxygen atoms in total. The number of piperazine rings is 1. The Balaban J connectivity index is 0.000000482. The zero-order valence-corrected chi connectivity index (χ0v) is 19.0. The Morgan fingerprint density at radius 1 is 1.07 bits per heavy atom. The highest BCUT2D eigenvalue weighted by Gasteiger charge is 2.23. The number of fused-ring (bicyclic) bond motifs is 2. The van der Waals surface area contributed by atoms with Crippen molar-refractivity contribution in [2.75, 3.05) is 39.5 Å². The van der Waals surface area contributed by atoms with Crippen molar-refractivity contribution in [2.45, 2.75) is 9.79 Å². The summed E-state index contributed by atoms with van der Waals surface area (Å²) in [6.45, 7) is 3.93. The van der Waals surface area contributed by atoms with Gasteiger partial charge in [0.1, 0.15) is 5.82 Å². The molecule has 3 N–H and O–H groups in total. The van der Waals surface area contributed by atoms with Crippen molar-refractivity contribution in [1.82, 2.24) is 9.80 Å². The van der Waals surface area contributed by atoms with Crippen molar-refractivity contribution in [1.29, 1.82) is 0 Å². The highest BCUT2D eigenvalue weighted by atomic mass is 35.5. The van der Waals surface area contributed by atoms with E-state index in [1.54, 1.807) is 17.8 Å². The molecule has 0 amide bonds. The first-order chi connectivity index (χ1) is 13.6. The summed E-state index contributed by atoms with van der Waals surface area (Å²) < 4.78 is 39.8. The minimum Gasteiger partial charge on any atom is -0.412 e. The Labute approximate surface area is 185 Å². The number of likely N-dealkylation sites (N-methyl/N-ethyl adjacent to an activating group) is 1. The van der Waals surface area contributed by atoms with Crippen LogP contribution in [0.2, 0.25) is 5.02 Å². The minimum absolute atomic E-state index is 0. The zero-order chi connectivity index (χ0) is 21.2. The van der Waals surface area contributed by atoms with Gasteiger partial charge in [-0.15, -0.1) is 0 Å². The van der Waals surface area contributed by atoms with Crippen LogP contribution in [0, 0.1) is 5.82 Å². The van der Waals surface area contributed by atoms with Crippen LogP contribution in [0.3, 0.4) is 0 Å². The first-order valence-electron chi connectivity index (χ1n) is 8.95. The maximum atomic E-state index is 13.9. The lowest BCUT2D eigenvalue weighted by atomic mass is 10.1. The molecular formula is C20H24ClFN2O4S2.